The van der Waals surface area contributed by atoms with Gasteiger partial charge in [-0.25, -0.2) is 0 Å². The molecule has 3 heterocycles. The average Bonchev–Trinajstić information content (AvgIpc) is 2.94. The Morgan fingerprint density at radius 3 is 2.96 bits per heavy atom. The number of pyridine rings is 1. The minimum atomic E-state index is 1.05. The van der Waals surface area contributed by atoms with Crippen LogP contribution in [0.15, 0.2) is 36.7 Å². The summed E-state index contributed by atoms with van der Waals surface area (Å²) in [4.78, 5) is 6.76. The Morgan fingerprint density at radius 1 is 1.12 bits per heavy atom. The molecule has 1 aromatic carbocycles. The van der Waals surface area contributed by atoms with Crippen LogP contribution < -0.4 is 0 Å². The van der Waals surface area contributed by atoms with E-state index in [1.807, 2.05) is 12.4 Å². The Bertz CT molecular complexity index is 1030. The summed E-state index contributed by atoms with van der Waals surface area (Å²) in [6.07, 6.45) is 11.0. The van der Waals surface area contributed by atoms with Gasteiger partial charge in [-0.15, -0.1) is 0 Å². The fraction of sp³-hybridized carbons (Fsp3) is 0.348. The molecule has 0 N–H and O–H groups in total. The molecule has 1 aliphatic heterocycles. The maximum atomic E-state index is 4.33. The molecular weight excluding hydrogens is 318 g/mol. The van der Waals surface area contributed by atoms with Crippen LogP contribution >= 0.6 is 0 Å². The van der Waals surface area contributed by atoms with Gasteiger partial charge in [0.1, 0.15) is 0 Å². The molecule has 3 aromatic rings. The van der Waals surface area contributed by atoms with Gasteiger partial charge in [0.15, 0.2) is 0 Å². The second-order valence-electron chi connectivity index (χ2n) is 7.84. The third kappa shape index (κ3) is 2.50. The molecule has 3 nitrogen and oxygen atoms in total. The van der Waals surface area contributed by atoms with E-state index in [0.29, 0.717) is 0 Å². The molecule has 0 saturated carbocycles. The highest BCUT2D eigenvalue weighted by atomic mass is 15.1. The molecule has 0 spiro atoms. The number of hydrogen-bond donors (Lipinski definition) is 0. The average molecular weight is 343 g/mol. The lowest BCUT2D eigenvalue weighted by molar-refractivity contribution is 0.312. The van der Waals surface area contributed by atoms with E-state index in [4.69, 9.17) is 0 Å². The van der Waals surface area contributed by atoms with Crippen LogP contribution in [0.4, 0.5) is 0 Å². The number of likely N-dealkylation sites (N-methyl/N-ethyl adjacent to an activating group) is 1. The van der Waals surface area contributed by atoms with Crippen LogP contribution in [-0.4, -0.2) is 28.0 Å². The number of hydrogen-bond acceptors (Lipinski definition) is 2. The van der Waals surface area contributed by atoms with Gasteiger partial charge in [-0.3, -0.25) is 4.98 Å². The van der Waals surface area contributed by atoms with Gasteiger partial charge in [0.2, 0.25) is 0 Å². The van der Waals surface area contributed by atoms with E-state index in [9.17, 15) is 0 Å². The van der Waals surface area contributed by atoms with Crippen molar-refractivity contribution in [1.82, 2.24) is 14.5 Å². The third-order valence-electron chi connectivity index (χ3n) is 5.96. The largest absolute Gasteiger partial charge is 0.320 e. The van der Waals surface area contributed by atoms with Crippen LogP contribution in [0.5, 0.6) is 0 Å². The second kappa shape index (κ2) is 6.10. The Hall–Kier alpha value is -2.39. The van der Waals surface area contributed by atoms with Gasteiger partial charge < -0.3 is 9.47 Å². The molecule has 132 valence electrons. The smallest absolute Gasteiger partial charge is 0.0529 e. The maximum Gasteiger partial charge on any atom is 0.0529 e. The van der Waals surface area contributed by atoms with E-state index in [-0.39, 0.29) is 0 Å². The maximum absolute atomic E-state index is 4.33. The van der Waals surface area contributed by atoms with E-state index in [0.717, 1.165) is 32.4 Å². The first-order chi connectivity index (χ1) is 12.7. The number of allylic oxidation sites excluding steroid dienone is 1. The van der Waals surface area contributed by atoms with Crippen LogP contribution in [0.3, 0.4) is 0 Å². The van der Waals surface area contributed by atoms with Crippen molar-refractivity contribution in [3.63, 3.8) is 0 Å². The van der Waals surface area contributed by atoms with Gasteiger partial charge >= 0.3 is 0 Å². The quantitative estimate of drug-likeness (QED) is 0.640. The Morgan fingerprint density at radius 2 is 2.04 bits per heavy atom. The Balaban J connectivity index is 1.74. The van der Waals surface area contributed by atoms with Crippen molar-refractivity contribution < 1.29 is 0 Å². The van der Waals surface area contributed by atoms with Crippen molar-refractivity contribution >= 4 is 22.7 Å². The lowest BCUT2D eigenvalue weighted by Gasteiger charge is -2.24. The van der Waals surface area contributed by atoms with Crippen molar-refractivity contribution in [2.45, 2.75) is 39.2 Å². The van der Waals surface area contributed by atoms with Gasteiger partial charge in [-0.05, 0) is 73.7 Å². The highest BCUT2D eigenvalue weighted by molar-refractivity contribution is 5.91. The van der Waals surface area contributed by atoms with Gasteiger partial charge in [-0.1, -0.05) is 11.6 Å². The van der Waals surface area contributed by atoms with Crippen LogP contribution in [0.25, 0.3) is 22.7 Å². The van der Waals surface area contributed by atoms with Crippen LogP contribution in [-0.2, 0) is 19.4 Å². The summed E-state index contributed by atoms with van der Waals surface area (Å²) >= 11 is 0. The molecule has 26 heavy (non-hydrogen) atoms. The SMILES string of the molecule is Cc1ccc2c(c1)c1c(n2/C=C2\CCCc3cnccc32)CCN(C)C1. The molecule has 5 rings (SSSR count). The van der Waals surface area contributed by atoms with E-state index < -0.39 is 0 Å². The number of benzene rings is 1. The Kier molecular flexibility index (Phi) is 3.71. The zero-order valence-corrected chi connectivity index (χ0v) is 15.6. The van der Waals surface area contributed by atoms with Crippen LogP contribution in [0.1, 0.15) is 40.8 Å². The molecule has 0 atom stereocenters. The summed E-state index contributed by atoms with van der Waals surface area (Å²) in [5, 5.41) is 1.43. The summed E-state index contributed by atoms with van der Waals surface area (Å²) in [6.45, 7) is 4.37. The molecule has 0 fully saturated rings. The molecule has 0 bridgehead atoms. The fourth-order valence-electron chi connectivity index (χ4n) is 4.62. The minimum absolute atomic E-state index is 1.05. The highest BCUT2D eigenvalue weighted by Gasteiger charge is 2.23. The van der Waals surface area contributed by atoms with Crippen molar-refractivity contribution in [3.8, 4) is 0 Å². The first-order valence-corrected chi connectivity index (χ1v) is 9.65. The van der Waals surface area contributed by atoms with Crippen LogP contribution in [0, 0.1) is 6.92 Å². The first kappa shape index (κ1) is 15.8. The Labute approximate surface area is 155 Å². The second-order valence-corrected chi connectivity index (χ2v) is 7.84. The third-order valence-corrected chi connectivity index (χ3v) is 5.96. The van der Waals surface area contributed by atoms with E-state index in [1.54, 1.807) is 0 Å². The number of fused-ring (bicyclic) bond motifs is 4. The predicted octanol–water partition coefficient (Wildman–Crippen LogP) is 4.67. The molecule has 2 aromatic heterocycles. The molecule has 2 aliphatic rings. The van der Waals surface area contributed by atoms with E-state index in [2.05, 4.69) is 58.9 Å². The summed E-state index contributed by atoms with van der Waals surface area (Å²) in [6, 6.07) is 9.10. The summed E-state index contributed by atoms with van der Waals surface area (Å²) in [5.74, 6) is 0. The van der Waals surface area contributed by atoms with Crippen LogP contribution in [0.2, 0.25) is 0 Å². The highest BCUT2D eigenvalue weighted by Crippen LogP contribution is 2.35. The normalized spacial score (nSPS) is 18.9. The predicted molar refractivity (Wildman–Crippen MR) is 108 cm³/mol. The lowest BCUT2D eigenvalue weighted by Crippen LogP contribution is -2.26. The zero-order chi connectivity index (χ0) is 17.7. The van der Waals surface area contributed by atoms with E-state index >= 15 is 0 Å². The number of aryl methyl sites for hydroxylation is 2. The molecule has 3 heteroatoms. The fourth-order valence-corrected chi connectivity index (χ4v) is 4.62. The minimum Gasteiger partial charge on any atom is -0.320 e. The molecule has 0 radical (unpaired) electrons. The molecule has 0 amide bonds. The molecule has 0 unspecified atom stereocenters. The molecular formula is C23H25N3. The topological polar surface area (TPSA) is 21.1 Å². The van der Waals surface area contributed by atoms with Crippen molar-refractivity contribution in [2.24, 2.45) is 0 Å². The summed E-state index contributed by atoms with van der Waals surface area (Å²) < 4.78 is 2.49. The number of aromatic nitrogens is 2. The number of rotatable bonds is 1. The first-order valence-electron chi connectivity index (χ1n) is 9.65. The van der Waals surface area contributed by atoms with Crippen molar-refractivity contribution in [1.29, 1.82) is 0 Å². The monoisotopic (exact) mass is 343 g/mol. The van der Waals surface area contributed by atoms with Gasteiger partial charge in [-0.2, -0.15) is 0 Å². The van der Waals surface area contributed by atoms with E-state index in [1.165, 1.54) is 50.8 Å². The standard InChI is InChI=1S/C23H25N3/c1-16-6-7-22-20(12-16)21-15-25(2)11-9-23(21)26(22)14-18-5-3-4-17-13-24-10-8-19(17)18/h6-8,10,12-14H,3-5,9,11,15H2,1-2H3/b18-14+. The van der Waals surface area contributed by atoms with Gasteiger partial charge in [0.05, 0.1) is 5.52 Å². The number of nitrogens with zero attached hydrogens (tertiary/aromatic N) is 3. The molecule has 1 aliphatic carbocycles. The van der Waals surface area contributed by atoms with Crippen molar-refractivity contribution in [2.75, 3.05) is 13.6 Å². The molecule has 0 saturated heterocycles. The lowest BCUT2D eigenvalue weighted by atomic mass is 9.89. The zero-order valence-electron chi connectivity index (χ0n) is 15.6. The summed E-state index contributed by atoms with van der Waals surface area (Å²) in [7, 11) is 2.23. The van der Waals surface area contributed by atoms with Gasteiger partial charge in [0, 0.05) is 49.2 Å². The summed E-state index contributed by atoms with van der Waals surface area (Å²) in [5.41, 5.74) is 9.94. The van der Waals surface area contributed by atoms with Gasteiger partial charge in [0.25, 0.3) is 0 Å². The van der Waals surface area contributed by atoms with Crippen molar-refractivity contribution in [3.05, 3.63) is 64.6 Å².